The molecular weight excluding hydrogens is 253 g/mol. The van der Waals surface area contributed by atoms with Crippen LogP contribution in [0.25, 0.3) is 10.9 Å². The van der Waals surface area contributed by atoms with Crippen LogP contribution in [0, 0.1) is 11.7 Å². The number of rotatable bonds is 5. The zero-order chi connectivity index (χ0) is 14.1. The molecule has 0 bridgehead atoms. The second-order valence-electron chi connectivity index (χ2n) is 5.65. The van der Waals surface area contributed by atoms with Crippen LogP contribution in [0.5, 0.6) is 0 Å². The van der Waals surface area contributed by atoms with Crippen molar-refractivity contribution in [1.29, 1.82) is 0 Å². The summed E-state index contributed by atoms with van der Waals surface area (Å²) < 4.78 is 14.2. The van der Waals surface area contributed by atoms with Gasteiger partial charge in [-0.2, -0.15) is 0 Å². The zero-order valence-electron chi connectivity index (χ0n) is 11.7. The molecule has 3 N–H and O–H groups in total. The summed E-state index contributed by atoms with van der Waals surface area (Å²) in [5.74, 6) is 0.492. The minimum Gasteiger partial charge on any atom is -0.398 e. The van der Waals surface area contributed by atoms with Gasteiger partial charge in [0.25, 0.3) is 0 Å². The molecule has 0 aliphatic heterocycles. The molecule has 1 fully saturated rings. The topological polar surface area (TPSA) is 50.9 Å². The maximum absolute atomic E-state index is 14.2. The average molecular weight is 273 g/mol. The van der Waals surface area contributed by atoms with Crippen molar-refractivity contribution in [3.8, 4) is 0 Å². The van der Waals surface area contributed by atoms with Crippen molar-refractivity contribution in [2.45, 2.75) is 38.6 Å². The molecule has 0 radical (unpaired) electrons. The zero-order valence-corrected chi connectivity index (χ0v) is 11.7. The number of halogens is 1. The first-order chi connectivity index (χ1) is 9.69. The SMILES string of the molecule is CCC(CC1CC1)Nc1c(F)cc(N)c2cccnc12. The van der Waals surface area contributed by atoms with Crippen molar-refractivity contribution in [2.24, 2.45) is 5.92 Å². The summed E-state index contributed by atoms with van der Waals surface area (Å²) in [5.41, 5.74) is 7.42. The van der Waals surface area contributed by atoms with Gasteiger partial charge in [0, 0.05) is 23.3 Å². The van der Waals surface area contributed by atoms with Gasteiger partial charge in [0.05, 0.1) is 11.2 Å². The van der Waals surface area contributed by atoms with Gasteiger partial charge in [0.1, 0.15) is 0 Å². The molecule has 0 saturated heterocycles. The summed E-state index contributed by atoms with van der Waals surface area (Å²) in [6.07, 6.45) is 6.38. The second-order valence-corrected chi connectivity index (χ2v) is 5.65. The Hall–Kier alpha value is -1.84. The van der Waals surface area contributed by atoms with E-state index in [0.717, 1.165) is 24.1 Å². The molecule has 1 heterocycles. The van der Waals surface area contributed by atoms with Gasteiger partial charge < -0.3 is 11.1 Å². The number of nitrogens with zero attached hydrogens (tertiary/aromatic N) is 1. The van der Waals surface area contributed by atoms with E-state index in [9.17, 15) is 4.39 Å². The fourth-order valence-corrected chi connectivity index (χ4v) is 2.66. The third-order valence-corrected chi connectivity index (χ3v) is 4.03. The highest BCUT2D eigenvalue weighted by Crippen LogP contribution is 2.36. The number of anilines is 2. The van der Waals surface area contributed by atoms with Crippen LogP contribution in [0.15, 0.2) is 24.4 Å². The predicted octanol–water partition coefficient (Wildman–Crippen LogP) is 3.95. The normalized spacial score (nSPS) is 16.3. The molecule has 1 aromatic carbocycles. The first-order valence-corrected chi connectivity index (χ1v) is 7.28. The molecule has 1 aliphatic rings. The van der Waals surface area contributed by atoms with Crippen molar-refractivity contribution in [2.75, 3.05) is 11.1 Å². The Morgan fingerprint density at radius 2 is 2.30 bits per heavy atom. The van der Waals surface area contributed by atoms with E-state index in [1.807, 2.05) is 12.1 Å². The number of hydrogen-bond donors (Lipinski definition) is 2. The number of hydrogen-bond acceptors (Lipinski definition) is 3. The Morgan fingerprint density at radius 3 is 3.00 bits per heavy atom. The van der Waals surface area contributed by atoms with Gasteiger partial charge in [-0.3, -0.25) is 4.98 Å². The summed E-state index contributed by atoms with van der Waals surface area (Å²) in [6.45, 7) is 2.13. The molecule has 0 amide bonds. The highest BCUT2D eigenvalue weighted by Gasteiger charge is 2.25. The fourth-order valence-electron chi connectivity index (χ4n) is 2.66. The Morgan fingerprint density at radius 1 is 1.50 bits per heavy atom. The second kappa shape index (κ2) is 5.27. The summed E-state index contributed by atoms with van der Waals surface area (Å²) in [6, 6.07) is 5.38. The van der Waals surface area contributed by atoms with Crippen molar-refractivity contribution >= 4 is 22.3 Å². The lowest BCUT2D eigenvalue weighted by atomic mass is 10.1. The minimum atomic E-state index is -0.317. The van der Waals surface area contributed by atoms with Gasteiger partial charge in [-0.05, 0) is 37.0 Å². The van der Waals surface area contributed by atoms with Crippen LogP contribution in [0.3, 0.4) is 0 Å². The molecular formula is C16H20FN3. The van der Waals surface area contributed by atoms with E-state index < -0.39 is 0 Å². The molecule has 3 nitrogen and oxygen atoms in total. The third kappa shape index (κ3) is 2.55. The number of nitrogen functional groups attached to an aromatic ring is 1. The first-order valence-electron chi connectivity index (χ1n) is 7.28. The first kappa shape index (κ1) is 13.2. The third-order valence-electron chi connectivity index (χ3n) is 4.03. The van der Waals surface area contributed by atoms with Crippen LogP contribution >= 0.6 is 0 Å². The highest BCUT2D eigenvalue weighted by molar-refractivity contribution is 5.98. The Bertz CT molecular complexity index is 622. The van der Waals surface area contributed by atoms with Gasteiger partial charge in [-0.25, -0.2) is 4.39 Å². The van der Waals surface area contributed by atoms with E-state index in [1.165, 1.54) is 18.9 Å². The standard InChI is InChI=1S/C16H20FN3/c1-2-11(8-10-5-6-10)20-16-13(17)9-14(18)12-4-3-7-19-15(12)16/h3-4,7,9-11,20H,2,5-6,8,18H2,1H3. The molecule has 106 valence electrons. The fraction of sp³-hybridized carbons (Fsp3) is 0.438. The monoisotopic (exact) mass is 273 g/mol. The van der Waals surface area contributed by atoms with Crippen molar-refractivity contribution in [3.05, 3.63) is 30.2 Å². The van der Waals surface area contributed by atoms with E-state index in [0.29, 0.717) is 22.9 Å². The van der Waals surface area contributed by atoms with Crippen LogP contribution in [0.1, 0.15) is 32.6 Å². The van der Waals surface area contributed by atoms with Crippen molar-refractivity contribution in [3.63, 3.8) is 0 Å². The van der Waals surface area contributed by atoms with Gasteiger partial charge in [-0.1, -0.05) is 19.8 Å². The Labute approximate surface area is 118 Å². The molecule has 3 rings (SSSR count). The largest absolute Gasteiger partial charge is 0.398 e. The van der Waals surface area contributed by atoms with Crippen LogP contribution in [0.4, 0.5) is 15.8 Å². The lowest BCUT2D eigenvalue weighted by Crippen LogP contribution is -2.20. The highest BCUT2D eigenvalue weighted by atomic mass is 19.1. The van der Waals surface area contributed by atoms with Crippen LogP contribution in [0.2, 0.25) is 0 Å². The summed E-state index contributed by atoms with van der Waals surface area (Å²) in [7, 11) is 0. The molecule has 2 aromatic rings. The maximum atomic E-state index is 14.2. The lowest BCUT2D eigenvalue weighted by molar-refractivity contribution is 0.576. The summed E-state index contributed by atoms with van der Waals surface area (Å²) in [5, 5.41) is 4.15. The Kier molecular flexibility index (Phi) is 3.47. The number of nitrogens with two attached hydrogens (primary N) is 1. The van der Waals surface area contributed by atoms with Crippen LogP contribution < -0.4 is 11.1 Å². The summed E-state index contributed by atoms with van der Waals surface area (Å²) in [4.78, 5) is 4.30. The number of benzene rings is 1. The Balaban J connectivity index is 1.96. The van der Waals surface area contributed by atoms with E-state index in [2.05, 4.69) is 17.2 Å². The number of pyridine rings is 1. The van der Waals surface area contributed by atoms with E-state index in [-0.39, 0.29) is 5.82 Å². The summed E-state index contributed by atoms with van der Waals surface area (Å²) >= 11 is 0. The van der Waals surface area contributed by atoms with Gasteiger partial charge >= 0.3 is 0 Å². The molecule has 1 aliphatic carbocycles. The van der Waals surface area contributed by atoms with Crippen LogP contribution in [-0.2, 0) is 0 Å². The molecule has 20 heavy (non-hydrogen) atoms. The van der Waals surface area contributed by atoms with Crippen LogP contribution in [-0.4, -0.2) is 11.0 Å². The average Bonchev–Trinajstić information content (AvgIpc) is 3.26. The quantitative estimate of drug-likeness (QED) is 0.811. The van der Waals surface area contributed by atoms with E-state index >= 15 is 0 Å². The molecule has 1 atom stereocenters. The molecule has 0 spiro atoms. The van der Waals surface area contributed by atoms with E-state index in [4.69, 9.17) is 5.73 Å². The number of aromatic nitrogens is 1. The van der Waals surface area contributed by atoms with Gasteiger partial charge in [0.15, 0.2) is 5.82 Å². The van der Waals surface area contributed by atoms with Crippen molar-refractivity contribution < 1.29 is 4.39 Å². The molecule has 1 unspecified atom stereocenters. The molecule has 1 saturated carbocycles. The van der Waals surface area contributed by atoms with Gasteiger partial charge in [0.2, 0.25) is 0 Å². The lowest BCUT2D eigenvalue weighted by Gasteiger charge is -2.20. The van der Waals surface area contributed by atoms with E-state index in [1.54, 1.807) is 6.20 Å². The molecule has 4 heteroatoms. The number of nitrogens with one attached hydrogen (secondary N) is 1. The maximum Gasteiger partial charge on any atom is 0.150 e. The number of fused-ring (bicyclic) bond motifs is 1. The minimum absolute atomic E-state index is 0.297. The smallest absolute Gasteiger partial charge is 0.150 e. The predicted molar refractivity (Wildman–Crippen MR) is 81.2 cm³/mol. The molecule has 1 aromatic heterocycles. The van der Waals surface area contributed by atoms with Crippen molar-refractivity contribution in [1.82, 2.24) is 4.98 Å². The van der Waals surface area contributed by atoms with Gasteiger partial charge in [-0.15, -0.1) is 0 Å².